The SMILES string of the molecule is C=CCN1C(=O)c2ccccc2N2C(=O)CC[C@@]12C(=O)OCC(=O)NCCCCCC. The third-order valence-corrected chi connectivity index (χ3v) is 5.70. The van der Waals surface area contributed by atoms with Gasteiger partial charge in [-0.05, 0) is 18.6 Å². The van der Waals surface area contributed by atoms with E-state index < -0.39 is 24.1 Å². The van der Waals surface area contributed by atoms with Crippen molar-refractivity contribution in [3.8, 4) is 0 Å². The second kappa shape index (κ2) is 9.76. The predicted octanol–water partition coefficient (Wildman–Crippen LogP) is 2.39. The third-order valence-electron chi connectivity index (χ3n) is 5.70. The molecule has 166 valence electrons. The van der Waals surface area contributed by atoms with Crippen molar-refractivity contribution in [2.45, 2.75) is 51.1 Å². The lowest BCUT2D eigenvalue weighted by atomic mass is 9.96. The van der Waals surface area contributed by atoms with Crippen molar-refractivity contribution < 1.29 is 23.9 Å². The maximum Gasteiger partial charge on any atom is 0.354 e. The maximum absolute atomic E-state index is 13.3. The number of hydrogen-bond donors (Lipinski definition) is 1. The molecule has 1 N–H and O–H groups in total. The first kappa shape index (κ1) is 22.5. The molecule has 2 aliphatic heterocycles. The van der Waals surface area contributed by atoms with Gasteiger partial charge in [-0.15, -0.1) is 6.58 Å². The minimum Gasteiger partial charge on any atom is -0.452 e. The minimum absolute atomic E-state index is 0.0652. The van der Waals surface area contributed by atoms with E-state index in [2.05, 4.69) is 18.8 Å². The molecule has 1 saturated heterocycles. The Hall–Kier alpha value is -3.16. The highest BCUT2D eigenvalue weighted by molar-refractivity contribution is 6.15. The number of rotatable bonds is 10. The van der Waals surface area contributed by atoms with Gasteiger partial charge in [-0.3, -0.25) is 19.3 Å². The summed E-state index contributed by atoms with van der Waals surface area (Å²) in [7, 11) is 0. The van der Waals surface area contributed by atoms with E-state index in [9.17, 15) is 19.2 Å². The van der Waals surface area contributed by atoms with Crippen LogP contribution in [-0.2, 0) is 19.1 Å². The van der Waals surface area contributed by atoms with E-state index in [4.69, 9.17) is 4.74 Å². The number of nitrogens with zero attached hydrogens (tertiary/aromatic N) is 2. The largest absolute Gasteiger partial charge is 0.452 e. The van der Waals surface area contributed by atoms with Crippen molar-refractivity contribution in [3.63, 3.8) is 0 Å². The van der Waals surface area contributed by atoms with Crippen LogP contribution < -0.4 is 10.2 Å². The van der Waals surface area contributed by atoms with Crippen LogP contribution in [0, 0.1) is 0 Å². The van der Waals surface area contributed by atoms with Crippen molar-refractivity contribution >= 4 is 29.4 Å². The van der Waals surface area contributed by atoms with Gasteiger partial charge in [0, 0.05) is 25.9 Å². The van der Waals surface area contributed by atoms with Gasteiger partial charge in [-0.1, -0.05) is 44.4 Å². The number of unbranched alkanes of at least 4 members (excludes halogenated alkanes) is 3. The number of para-hydroxylation sites is 1. The molecule has 0 bridgehead atoms. The molecule has 2 aliphatic rings. The molecule has 0 spiro atoms. The number of fused-ring (bicyclic) bond motifs is 3. The second-order valence-electron chi connectivity index (χ2n) is 7.75. The molecule has 3 amide bonds. The summed E-state index contributed by atoms with van der Waals surface area (Å²) in [6.07, 6.45) is 5.78. The van der Waals surface area contributed by atoms with Gasteiger partial charge in [0.25, 0.3) is 11.8 Å². The summed E-state index contributed by atoms with van der Waals surface area (Å²) in [4.78, 5) is 54.0. The van der Waals surface area contributed by atoms with Crippen molar-refractivity contribution in [2.75, 3.05) is 24.6 Å². The van der Waals surface area contributed by atoms with Gasteiger partial charge < -0.3 is 15.0 Å². The summed E-state index contributed by atoms with van der Waals surface area (Å²) in [6.45, 7) is 5.91. The Kier molecular flexibility index (Phi) is 7.09. The second-order valence-corrected chi connectivity index (χ2v) is 7.75. The number of anilines is 1. The average molecular weight is 428 g/mol. The van der Waals surface area contributed by atoms with Crippen LogP contribution in [-0.4, -0.2) is 54.0 Å². The van der Waals surface area contributed by atoms with Crippen molar-refractivity contribution in [1.29, 1.82) is 0 Å². The van der Waals surface area contributed by atoms with Crippen LogP contribution in [0.15, 0.2) is 36.9 Å². The lowest BCUT2D eigenvalue weighted by Gasteiger charge is -2.47. The van der Waals surface area contributed by atoms with E-state index in [-0.39, 0.29) is 31.2 Å². The van der Waals surface area contributed by atoms with E-state index in [1.165, 1.54) is 15.9 Å². The monoisotopic (exact) mass is 427 g/mol. The molecule has 1 aromatic rings. The van der Waals surface area contributed by atoms with E-state index in [1.54, 1.807) is 24.3 Å². The Morgan fingerprint density at radius 1 is 1.23 bits per heavy atom. The smallest absolute Gasteiger partial charge is 0.354 e. The Balaban J connectivity index is 1.79. The Bertz CT molecular complexity index is 884. The number of amides is 3. The summed E-state index contributed by atoms with van der Waals surface area (Å²) >= 11 is 0. The van der Waals surface area contributed by atoms with Crippen LogP contribution in [0.4, 0.5) is 5.69 Å². The zero-order chi connectivity index (χ0) is 22.4. The topological polar surface area (TPSA) is 96.0 Å². The van der Waals surface area contributed by atoms with Crippen LogP contribution in [0.2, 0.25) is 0 Å². The summed E-state index contributed by atoms with van der Waals surface area (Å²) in [5.41, 5.74) is -0.890. The van der Waals surface area contributed by atoms with Crippen molar-refractivity contribution in [2.24, 2.45) is 0 Å². The first-order chi connectivity index (χ1) is 15.0. The Labute approximate surface area is 182 Å². The summed E-state index contributed by atoms with van der Waals surface area (Å²) in [5, 5.41) is 2.73. The molecule has 0 aromatic heterocycles. The van der Waals surface area contributed by atoms with Gasteiger partial charge in [-0.25, -0.2) is 4.79 Å². The molecule has 31 heavy (non-hydrogen) atoms. The fraction of sp³-hybridized carbons (Fsp3) is 0.478. The number of hydrogen-bond acceptors (Lipinski definition) is 5. The molecule has 1 atom stereocenters. The molecular formula is C23H29N3O5. The number of carbonyl (C=O) groups is 4. The molecule has 2 heterocycles. The Morgan fingerprint density at radius 2 is 2.00 bits per heavy atom. The molecule has 0 saturated carbocycles. The lowest BCUT2D eigenvalue weighted by Crippen LogP contribution is -2.68. The lowest BCUT2D eigenvalue weighted by molar-refractivity contribution is -0.159. The van der Waals surface area contributed by atoms with Crippen LogP contribution in [0.1, 0.15) is 55.8 Å². The highest BCUT2D eigenvalue weighted by atomic mass is 16.5. The molecule has 1 fully saturated rings. The molecule has 3 rings (SSSR count). The van der Waals surface area contributed by atoms with Gasteiger partial charge in [-0.2, -0.15) is 0 Å². The number of ether oxygens (including phenoxy) is 1. The van der Waals surface area contributed by atoms with E-state index in [0.29, 0.717) is 17.8 Å². The number of benzene rings is 1. The van der Waals surface area contributed by atoms with Crippen molar-refractivity contribution in [1.82, 2.24) is 10.2 Å². The van der Waals surface area contributed by atoms with E-state index >= 15 is 0 Å². The highest BCUT2D eigenvalue weighted by Gasteiger charge is 2.61. The van der Waals surface area contributed by atoms with Gasteiger partial charge in [0.2, 0.25) is 11.6 Å². The number of nitrogens with one attached hydrogen (secondary N) is 1. The van der Waals surface area contributed by atoms with Gasteiger partial charge in [0.1, 0.15) is 0 Å². The number of carbonyl (C=O) groups excluding carboxylic acids is 4. The van der Waals surface area contributed by atoms with Gasteiger partial charge in [0.05, 0.1) is 11.3 Å². The fourth-order valence-electron chi connectivity index (χ4n) is 4.21. The molecule has 8 nitrogen and oxygen atoms in total. The molecule has 0 aliphatic carbocycles. The highest BCUT2D eigenvalue weighted by Crippen LogP contribution is 2.44. The predicted molar refractivity (Wildman–Crippen MR) is 115 cm³/mol. The van der Waals surface area contributed by atoms with Crippen LogP contribution in [0.5, 0.6) is 0 Å². The number of esters is 1. The van der Waals surface area contributed by atoms with E-state index in [0.717, 1.165) is 25.7 Å². The Morgan fingerprint density at radius 3 is 2.74 bits per heavy atom. The third kappa shape index (κ3) is 4.19. The minimum atomic E-state index is -1.61. The summed E-state index contributed by atoms with van der Waals surface area (Å²) in [5.74, 6) is -1.84. The first-order valence-corrected chi connectivity index (χ1v) is 10.8. The van der Waals surface area contributed by atoms with Crippen LogP contribution >= 0.6 is 0 Å². The van der Waals surface area contributed by atoms with Crippen LogP contribution in [0.25, 0.3) is 0 Å². The normalized spacial score (nSPS) is 19.6. The van der Waals surface area contributed by atoms with E-state index in [1.807, 2.05) is 0 Å². The molecule has 8 heteroatoms. The fourth-order valence-corrected chi connectivity index (χ4v) is 4.21. The van der Waals surface area contributed by atoms with Crippen molar-refractivity contribution in [3.05, 3.63) is 42.5 Å². The van der Waals surface area contributed by atoms with Crippen LogP contribution in [0.3, 0.4) is 0 Å². The van der Waals surface area contributed by atoms with Gasteiger partial charge in [0.15, 0.2) is 6.61 Å². The summed E-state index contributed by atoms with van der Waals surface area (Å²) in [6, 6.07) is 6.69. The standard InChI is InChI=1S/C23H29N3O5/c1-3-5-6-9-14-24-19(27)16-31-22(30)23-13-12-20(28)26(23)18-11-8-7-10-17(18)21(29)25(23)15-4-2/h4,7-8,10-11H,2-3,5-6,9,12-16H2,1H3,(H,24,27)/t23-/m1/s1. The van der Waals surface area contributed by atoms with Gasteiger partial charge >= 0.3 is 5.97 Å². The zero-order valence-electron chi connectivity index (χ0n) is 17.9. The first-order valence-electron chi connectivity index (χ1n) is 10.8. The quantitative estimate of drug-likeness (QED) is 0.351. The molecule has 1 aromatic carbocycles. The molecular weight excluding hydrogens is 398 g/mol. The molecule has 0 unspecified atom stereocenters. The summed E-state index contributed by atoms with van der Waals surface area (Å²) < 4.78 is 5.34. The maximum atomic E-state index is 13.3. The zero-order valence-corrected chi connectivity index (χ0v) is 17.9. The average Bonchev–Trinajstić information content (AvgIpc) is 3.13. The molecule has 0 radical (unpaired) electrons.